The molecule has 0 atom stereocenters. The van der Waals surface area contributed by atoms with Gasteiger partial charge >= 0.3 is 16.1 Å². The van der Waals surface area contributed by atoms with E-state index in [1.165, 1.54) is 48.5 Å². The SMILES string of the molecule is O=C1NC(=O)N(c2ccc(Br)cc2)C(=O)/C1=C/c1cc(Cl)cc(Cl)c1OS(=O)(=O)c1ccccc1. The van der Waals surface area contributed by atoms with Gasteiger partial charge in [-0.3, -0.25) is 14.9 Å². The summed E-state index contributed by atoms with van der Waals surface area (Å²) in [6, 6.07) is 15.2. The Kier molecular flexibility index (Phi) is 7.00. The summed E-state index contributed by atoms with van der Waals surface area (Å²) in [4.78, 5) is 38.8. The lowest BCUT2D eigenvalue weighted by molar-refractivity contribution is -0.122. The van der Waals surface area contributed by atoms with Crippen molar-refractivity contribution in [1.82, 2.24) is 5.32 Å². The van der Waals surface area contributed by atoms with Crippen molar-refractivity contribution in [2.24, 2.45) is 0 Å². The van der Waals surface area contributed by atoms with E-state index in [9.17, 15) is 22.8 Å². The first kappa shape index (κ1) is 24.9. The van der Waals surface area contributed by atoms with Crippen LogP contribution >= 0.6 is 39.1 Å². The normalized spacial score (nSPS) is 15.3. The van der Waals surface area contributed by atoms with Crippen LogP contribution in [0.25, 0.3) is 6.08 Å². The second kappa shape index (κ2) is 9.82. The molecule has 1 fully saturated rings. The minimum atomic E-state index is -4.32. The number of carbonyl (C=O) groups is 3. The van der Waals surface area contributed by atoms with Gasteiger partial charge in [0.15, 0.2) is 5.75 Å². The molecule has 35 heavy (non-hydrogen) atoms. The maximum atomic E-state index is 13.2. The lowest BCUT2D eigenvalue weighted by atomic mass is 10.1. The fourth-order valence-corrected chi connectivity index (χ4v) is 5.01. The van der Waals surface area contributed by atoms with E-state index in [1.54, 1.807) is 18.2 Å². The first-order valence-corrected chi connectivity index (χ1v) is 12.7. The summed E-state index contributed by atoms with van der Waals surface area (Å²) in [5.74, 6) is -2.27. The summed E-state index contributed by atoms with van der Waals surface area (Å²) in [6.45, 7) is 0. The van der Waals surface area contributed by atoms with Gasteiger partial charge in [-0.1, -0.05) is 57.3 Å². The van der Waals surface area contributed by atoms with Gasteiger partial charge in [0.25, 0.3) is 11.8 Å². The van der Waals surface area contributed by atoms with E-state index >= 15 is 0 Å². The number of barbiturate groups is 1. The topological polar surface area (TPSA) is 110 Å². The molecule has 8 nitrogen and oxygen atoms in total. The van der Waals surface area contributed by atoms with Gasteiger partial charge in [0, 0.05) is 15.1 Å². The molecular weight excluding hydrogens is 583 g/mol. The van der Waals surface area contributed by atoms with Crippen molar-refractivity contribution in [2.45, 2.75) is 4.90 Å². The number of nitrogens with zero attached hydrogens (tertiary/aromatic N) is 1. The highest BCUT2D eigenvalue weighted by atomic mass is 79.9. The fourth-order valence-electron chi connectivity index (χ4n) is 3.16. The predicted octanol–water partition coefficient (Wildman–Crippen LogP) is 5.19. The van der Waals surface area contributed by atoms with E-state index in [-0.39, 0.29) is 31.9 Å². The number of anilines is 1. The maximum absolute atomic E-state index is 13.2. The summed E-state index contributed by atoms with van der Waals surface area (Å²) in [7, 11) is -4.32. The van der Waals surface area contributed by atoms with Crippen molar-refractivity contribution in [3.8, 4) is 5.75 Å². The van der Waals surface area contributed by atoms with Crippen LogP contribution in [0.3, 0.4) is 0 Å². The zero-order valence-electron chi connectivity index (χ0n) is 17.4. The molecule has 0 unspecified atom stereocenters. The molecule has 1 saturated heterocycles. The Bertz CT molecular complexity index is 1490. The first-order valence-electron chi connectivity index (χ1n) is 9.72. The van der Waals surface area contributed by atoms with Crippen LogP contribution in [0.5, 0.6) is 5.75 Å². The molecule has 0 bridgehead atoms. The smallest absolute Gasteiger partial charge is 0.339 e. The number of urea groups is 1. The highest BCUT2D eigenvalue weighted by molar-refractivity contribution is 9.10. The lowest BCUT2D eigenvalue weighted by Gasteiger charge is -2.26. The first-order chi connectivity index (χ1) is 16.6. The summed E-state index contributed by atoms with van der Waals surface area (Å²) in [5, 5.41) is 2.01. The van der Waals surface area contributed by atoms with Crippen LogP contribution in [0.15, 0.2) is 81.7 Å². The van der Waals surface area contributed by atoms with E-state index in [1.807, 2.05) is 0 Å². The predicted molar refractivity (Wildman–Crippen MR) is 134 cm³/mol. The molecule has 0 spiro atoms. The fraction of sp³-hybridized carbons (Fsp3) is 0. The second-order valence-electron chi connectivity index (χ2n) is 7.09. The molecule has 0 radical (unpaired) electrons. The van der Waals surface area contributed by atoms with E-state index < -0.39 is 33.5 Å². The number of nitrogens with one attached hydrogen (secondary N) is 1. The largest absolute Gasteiger partial charge is 0.377 e. The van der Waals surface area contributed by atoms with Gasteiger partial charge in [-0.2, -0.15) is 8.42 Å². The average molecular weight is 596 g/mol. The van der Waals surface area contributed by atoms with Gasteiger partial charge in [0.05, 0.1) is 10.7 Å². The van der Waals surface area contributed by atoms with Gasteiger partial charge < -0.3 is 4.18 Å². The molecule has 178 valence electrons. The number of benzene rings is 3. The molecule has 1 aliphatic heterocycles. The highest BCUT2D eigenvalue weighted by Gasteiger charge is 2.37. The molecule has 1 N–H and O–H groups in total. The van der Waals surface area contributed by atoms with Crippen molar-refractivity contribution in [2.75, 3.05) is 4.90 Å². The third-order valence-electron chi connectivity index (χ3n) is 4.75. The van der Waals surface area contributed by atoms with Gasteiger partial charge in [-0.15, -0.1) is 0 Å². The third-order valence-corrected chi connectivity index (χ3v) is 7.01. The summed E-state index contributed by atoms with van der Waals surface area (Å²) < 4.78 is 31.6. The maximum Gasteiger partial charge on any atom is 0.339 e. The van der Waals surface area contributed by atoms with Crippen LogP contribution in [0, 0.1) is 0 Å². The van der Waals surface area contributed by atoms with E-state index in [4.69, 9.17) is 27.4 Å². The number of amides is 4. The zero-order chi connectivity index (χ0) is 25.3. The van der Waals surface area contributed by atoms with E-state index in [2.05, 4.69) is 21.2 Å². The van der Waals surface area contributed by atoms with Gasteiger partial charge in [-0.05, 0) is 54.6 Å². The van der Waals surface area contributed by atoms with Crippen LogP contribution in [0.4, 0.5) is 10.5 Å². The van der Waals surface area contributed by atoms with Crippen molar-refractivity contribution in [3.05, 3.63) is 92.4 Å². The van der Waals surface area contributed by atoms with Gasteiger partial charge in [0.2, 0.25) is 0 Å². The van der Waals surface area contributed by atoms with Crippen LogP contribution in [0.2, 0.25) is 10.0 Å². The van der Waals surface area contributed by atoms with Crippen LogP contribution in [-0.4, -0.2) is 26.3 Å². The Balaban J connectivity index is 1.79. The Labute approximate surface area is 218 Å². The molecule has 4 amide bonds. The number of rotatable bonds is 5. The summed E-state index contributed by atoms with van der Waals surface area (Å²) in [6.07, 6.45) is 1.06. The Morgan fingerprint density at radius 1 is 0.943 bits per heavy atom. The van der Waals surface area contributed by atoms with E-state index in [0.29, 0.717) is 4.47 Å². The van der Waals surface area contributed by atoms with Crippen molar-refractivity contribution < 1.29 is 27.0 Å². The molecule has 3 aromatic carbocycles. The Morgan fingerprint density at radius 3 is 2.26 bits per heavy atom. The molecule has 1 aliphatic rings. The Hall–Kier alpha value is -3.18. The van der Waals surface area contributed by atoms with Crippen molar-refractivity contribution in [3.63, 3.8) is 0 Å². The third kappa shape index (κ3) is 5.25. The van der Waals surface area contributed by atoms with Crippen LogP contribution in [0.1, 0.15) is 5.56 Å². The van der Waals surface area contributed by atoms with Crippen molar-refractivity contribution in [1.29, 1.82) is 0 Å². The van der Waals surface area contributed by atoms with Gasteiger partial charge in [-0.25, -0.2) is 9.69 Å². The minimum absolute atomic E-state index is 0.0642. The number of carbonyl (C=O) groups excluding carboxylic acids is 3. The van der Waals surface area contributed by atoms with Crippen molar-refractivity contribution >= 4 is 78.9 Å². The molecule has 1 heterocycles. The second-order valence-corrected chi connectivity index (χ2v) is 10.4. The number of hydrogen-bond acceptors (Lipinski definition) is 6. The standard InChI is InChI=1S/C23H13BrCl2N2O6S/c24-14-6-8-16(9-7-14)28-22(30)18(21(29)27-23(28)31)11-13-10-15(25)12-19(26)20(13)34-35(32,33)17-4-2-1-3-5-17/h1-12H,(H,27,29,31)/b18-11+. The van der Waals surface area contributed by atoms with Gasteiger partial charge in [0.1, 0.15) is 10.5 Å². The highest BCUT2D eigenvalue weighted by Crippen LogP contribution is 2.36. The van der Waals surface area contributed by atoms with E-state index in [0.717, 1.165) is 11.0 Å². The molecule has 12 heteroatoms. The molecule has 0 saturated carbocycles. The molecule has 3 aromatic rings. The molecule has 0 aromatic heterocycles. The molecule has 4 rings (SSSR count). The Morgan fingerprint density at radius 2 is 1.60 bits per heavy atom. The summed E-state index contributed by atoms with van der Waals surface area (Å²) >= 11 is 15.6. The molecule has 0 aliphatic carbocycles. The lowest BCUT2D eigenvalue weighted by Crippen LogP contribution is -2.54. The summed E-state index contributed by atoms with van der Waals surface area (Å²) in [5.41, 5.74) is -0.320. The number of imide groups is 2. The average Bonchev–Trinajstić information content (AvgIpc) is 2.80. The minimum Gasteiger partial charge on any atom is -0.377 e. The number of halogens is 3. The van der Waals surface area contributed by atoms with Crippen LogP contribution in [-0.2, 0) is 19.7 Å². The molecular formula is C23H13BrCl2N2O6S. The monoisotopic (exact) mass is 594 g/mol. The van der Waals surface area contributed by atoms with Crippen LogP contribution < -0.4 is 14.4 Å². The zero-order valence-corrected chi connectivity index (χ0v) is 21.3. The quantitative estimate of drug-likeness (QED) is 0.247. The number of hydrogen-bond donors (Lipinski definition) is 1.